The van der Waals surface area contributed by atoms with E-state index in [9.17, 15) is 13.6 Å². The van der Waals surface area contributed by atoms with E-state index < -0.39 is 23.1 Å². The summed E-state index contributed by atoms with van der Waals surface area (Å²) >= 11 is 0. The molecular formula is C21H19F2N3O. The first-order chi connectivity index (χ1) is 13.0. The zero-order chi connectivity index (χ0) is 19.0. The fourth-order valence-electron chi connectivity index (χ4n) is 3.44. The van der Waals surface area contributed by atoms with Crippen LogP contribution >= 0.6 is 0 Å². The molecule has 1 saturated carbocycles. The van der Waals surface area contributed by atoms with Crippen LogP contribution in [0.4, 0.5) is 8.78 Å². The van der Waals surface area contributed by atoms with Gasteiger partial charge in [0.25, 0.3) is 0 Å². The SMILES string of the molecule is Cn1ccnc1C(NC(=O)C1(c2ccccc2)CC1)c1ccc(F)c(F)c1. The second kappa shape index (κ2) is 6.61. The lowest BCUT2D eigenvalue weighted by Crippen LogP contribution is -2.38. The topological polar surface area (TPSA) is 46.9 Å². The number of aryl methyl sites for hydroxylation is 1. The second-order valence-electron chi connectivity index (χ2n) is 6.92. The predicted octanol–water partition coefficient (Wildman–Crippen LogP) is 3.64. The summed E-state index contributed by atoms with van der Waals surface area (Å²) in [6.07, 6.45) is 4.87. The van der Waals surface area contributed by atoms with E-state index in [1.165, 1.54) is 6.07 Å². The zero-order valence-corrected chi connectivity index (χ0v) is 14.8. The first-order valence-electron chi connectivity index (χ1n) is 8.80. The number of hydrogen-bond donors (Lipinski definition) is 1. The van der Waals surface area contributed by atoms with Gasteiger partial charge in [-0.2, -0.15) is 0 Å². The number of benzene rings is 2. The van der Waals surface area contributed by atoms with Crippen LogP contribution in [0.15, 0.2) is 60.9 Å². The van der Waals surface area contributed by atoms with E-state index >= 15 is 0 Å². The van der Waals surface area contributed by atoms with Crippen molar-refractivity contribution in [3.63, 3.8) is 0 Å². The Morgan fingerprint density at radius 1 is 1.15 bits per heavy atom. The van der Waals surface area contributed by atoms with Gasteiger partial charge in [-0.05, 0) is 36.1 Å². The lowest BCUT2D eigenvalue weighted by Gasteiger charge is -2.23. The fourth-order valence-corrected chi connectivity index (χ4v) is 3.44. The van der Waals surface area contributed by atoms with Crippen LogP contribution in [0.3, 0.4) is 0 Å². The maximum absolute atomic E-state index is 13.8. The Labute approximate surface area is 155 Å². The van der Waals surface area contributed by atoms with E-state index in [0.717, 1.165) is 30.5 Å². The molecule has 1 unspecified atom stereocenters. The second-order valence-corrected chi connectivity index (χ2v) is 6.92. The number of carbonyl (C=O) groups is 1. The van der Waals surface area contributed by atoms with Crippen molar-refractivity contribution < 1.29 is 13.6 Å². The molecule has 1 N–H and O–H groups in total. The van der Waals surface area contributed by atoms with Crippen molar-refractivity contribution in [1.29, 1.82) is 0 Å². The molecule has 0 radical (unpaired) electrons. The van der Waals surface area contributed by atoms with Gasteiger partial charge in [-0.15, -0.1) is 0 Å². The highest BCUT2D eigenvalue weighted by molar-refractivity contribution is 5.91. The van der Waals surface area contributed by atoms with Crippen LogP contribution in [-0.2, 0) is 17.3 Å². The Morgan fingerprint density at radius 2 is 1.89 bits per heavy atom. The van der Waals surface area contributed by atoms with Gasteiger partial charge >= 0.3 is 0 Å². The van der Waals surface area contributed by atoms with Crippen LogP contribution in [0.2, 0.25) is 0 Å². The minimum Gasteiger partial charge on any atom is -0.341 e. The van der Waals surface area contributed by atoms with E-state index in [2.05, 4.69) is 10.3 Å². The predicted molar refractivity (Wildman–Crippen MR) is 96.9 cm³/mol. The minimum absolute atomic E-state index is 0.133. The van der Waals surface area contributed by atoms with Crippen LogP contribution in [0, 0.1) is 11.6 Å². The molecule has 27 heavy (non-hydrogen) atoms. The van der Waals surface area contributed by atoms with E-state index in [1.54, 1.807) is 24.0 Å². The molecule has 138 valence electrons. The number of nitrogens with one attached hydrogen (secondary N) is 1. The van der Waals surface area contributed by atoms with E-state index in [4.69, 9.17) is 0 Å². The van der Waals surface area contributed by atoms with Crippen LogP contribution in [0.5, 0.6) is 0 Å². The molecule has 0 bridgehead atoms. The van der Waals surface area contributed by atoms with Gasteiger partial charge in [-0.25, -0.2) is 13.8 Å². The van der Waals surface area contributed by atoms with Crippen molar-refractivity contribution in [2.24, 2.45) is 7.05 Å². The minimum atomic E-state index is -0.954. The van der Waals surface area contributed by atoms with Crippen LogP contribution < -0.4 is 5.32 Å². The number of imidazole rings is 1. The van der Waals surface area contributed by atoms with Crippen molar-refractivity contribution in [3.8, 4) is 0 Å². The highest BCUT2D eigenvalue weighted by Crippen LogP contribution is 2.48. The first kappa shape index (κ1) is 17.4. The average Bonchev–Trinajstić information content (AvgIpc) is 3.39. The Morgan fingerprint density at radius 3 is 2.48 bits per heavy atom. The van der Waals surface area contributed by atoms with Gasteiger partial charge in [0.2, 0.25) is 5.91 Å². The molecular weight excluding hydrogens is 348 g/mol. The summed E-state index contributed by atoms with van der Waals surface area (Å²) in [5.41, 5.74) is 0.843. The van der Waals surface area contributed by atoms with Crippen LogP contribution in [-0.4, -0.2) is 15.5 Å². The normalized spacial score (nSPS) is 16.0. The molecule has 1 aliphatic carbocycles. The fraction of sp³-hybridized carbons (Fsp3) is 0.238. The van der Waals surface area contributed by atoms with Crippen LogP contribution in [0.25, 0.3) is 0 Å². The molecule has 1 amide bonds. The Balaban J connectivity index is 1.69. The molecule has 0 spiro atoms. The number of amides is 1. The average molecular weight is 367 g/mol. The summed E-state index contributed by atoms with van der Waals surface area (Å²) in [6, 6.07) is 12.6. The van der Waals surface area contributed by atoms with E-state index in [0.29, 0.717) is 11.4 Å². The molecule has 3 aromatic rings. The van der Waals surface area contributed by atoms with Gasteiger partial charge in [0.15, 0.2) is 11.6 Å². The van der Waals surface area contributed by atoms with Crippen LogP contribution in [0.1, 0.15) is 35.8 Å². The highest BCUT2D eigenvalue weighted by atomic mass is 19.2. The molecule has 4 nitrogen and oxygen atoms in total. The van der Waals surface area contributed by atoms with E-state index in [-0.39, 0.29) is 5.91 Å². The maximum atomic E-state index is 13.8. The Hall–Kier alpha value is -3.02. The number of nitrogens with zero attached hydrogens (tertiary/aromatic N) is 2. The first-order valence-corrected chi connectivity index (χ1v) is 8.80. The smallest absolute Gasteiger partial charge is 0.231 e. The summed E-state index contributed by atoms with van der Waals surface area (Å²) in [7, 11) is 1.80. The summed E-state index contributed by atoms with van der Waals surface area (Å²) in [6.45, 7) is 0. The zero-order valence-electron chi connectivity index (χ0n) is 14.8. The Bertz CT molecular complexity index is 980. The number of carbonyl (C=O) groups excluding carboxylic acids is 1. The summed E-state index contributed by atoms with van der Waals surface area (Å²) in [4.78, 5) is 17.5. The third-order valence-electron chi connectivity index (χ3n) is 5.18. The van der Waals surface area contributed by atoms with Crippen molar-refractivity contribution in [2.75, 3.05) is 0 Å². The van der Waals surface area contributed by atoms with Gasteiger partial charge in [-0.1, -0.05) is 36.4 Å². The molecule has 1 aliphatic rings. The third kappa shape index (κ3) is 3.12. The summed E-state index contributed by atoms with van der Waals surface area (Å²) < 4.78 is 29.0. The van der Waals surface area contributed by atoms with Gasteiger partial charge in [0, 0.05) is 19.4 Å². The van der Waals surface area contributed by atoms with Crippen molar-refractivity contribution in [1.82, 2.24) is 14.9 Å². The van der Waals surface area contributed by atoms with Crippen molar-refractivity contribution in [3.05, 3.63) is 89.5 Å². The number of aromatic nitrogens is 2. The lowest BCUT2D eigenvalue weighted by atomic mass is 9.94. The molecule has 1 fully saturated rings. The van der Waals surface area contributed by atoms with Gasteiger partial charge < -0.3 is 9.88 Å². The van der Waals surface area contributed by atoms with Crippen molar-refractivity contribution >= 4 is 5.91 Å². The molecule has 1 atom stereocenters. The van der Waals surface area contributed by atoms with E-state index in [1.807, 2.05) is 30.3 Å². The Kier molecular flexibility index (Phi) is 4.26. The lowest BCUT2D eigenvalue weighted by molar-refractivity contribution is -0.124. The summed E-state index contributed by atoms with van der Waals surface area (Å²) in [5.74, 6) is -1.46. The highest BCUT2D eigenvalue weighted by Gasteiger charge is 2.51. The molecule has 0 aliphatic heterocycles. The monoisotopic (exact) mass is 367 g/mol. The molecule has 1 aromatic heterocycles. The largest absolute Gasteiger partial charge is 0.341 e. The molecule has 2 aromatic carbocycles. The quantitative estimate of drug-likeness (QED) is 0.749. The van der Waals surface area contributed by atoms with Gasteiger partial charge in [-0.3, -0.25) is 4.79 Å². The third-order valence-corrected chi connectivity index (χ3v) is 5.18. The molecule has 6 heteroatoms. The molecule has 1 heterocycles. The number of halogens is 2. The van der Waals surface area contributed by atoms with Crippen molar-refractivity contribution in [2.45, 2.75) is 24.3 Å². The standard InChI is InChI=1S/C21H19F2N3O/c1-26-12-11-24-19(26)18(14-7-8-16(22)17(23)13-14)25-20(27)21(9-10-21)15-5-3-2-4-6-15/h2-8,11-13,18H,9-10H2,1H3,(H,25,27). The molecule has 4 rings (SSSR count). The van der Waals surface area contributed by atoms with Gasteiger partial charge in [0.05, 0.1) is 5.41 Å². The maximum Gasteiger partial charge on any atom is 0.231 e. The summed E-state index contributed by atoms with van der Waals surface area (Å²) in [5, 5.41) is 3.01. The number of rotatable bonds is 5. The number of hydrogen-bond acceptors (Lipinski definition) is 2. The van der Waals surface area contributed by atoms with Gasteiger partial charge in [0.1, 0.15) is 11.9 Å². The molecule has 0 saturated heterocycles.